The van der Waals surface area contributed by atoms with Gasteiger partial charge in [0.2, 0.25) is 0 Å². The van der Waals surface area contributed by atoms with Crippen molar-refractivity contribution in [2.45, 2.75) is 47.0 Å². The standard InChI is InChI=1S/C18H29N/c1-5-17-8-10-18(11-9-17)13-16(4)7-6-12-19-14-15(2)3/h7-11,15,19H,5-6,12-14H2,1-4H3. The number of hydrogen-bond acceptors (Lipinski definition) is 1. The lowest BCUT2D eigenvalue weighted by atomic mass is 10.0. The SMILES string of the molecule is CCc1ccc(CC(C)=CCCNCC(C)C)cc1. The van der Waals surface area contributed by atoms with Crippen molar-refractivity contribution in [1.82, 2.24) is 5.32 Å². The molecule has 1 heteroatoms. The fourth-order valence-corrected chi connectivity index (χ4v) is 2.10. The lowest BCUT2D eigenvalue weighted by molar-refractivity contribution is 0.556. The number of rotatable bonds is 8. The number of nitrogens with one attached hydrogen (secondary N) is 1. The second-order valence-electron chi connectivity index (χ2n) is 5.78. The molecule has 1 N–H and O–H groups in total. The Morgan fingerprint density at radius 1 is 1.16 bits per heavy atom. The Morgan fingerprint density at radius 2 is 1.79 bits per heavy atom. The van der Waals surface area contributed by atoms with Gasteiger partial charge < -0.3 is 5.32 Å². The Bertz CT molecular complexity index is 373. The molecule has 1 rings (SSSR count). The third-order valence-corrected chi connectivity index (χ3v) is 3.28. The number of benzene rings is 1. The summed E-state index contributed by atoms with van der Waals surface area (Å²) in [6, 6.07) is 9.00. The molecule has 106 valence electrons. The van der Waals surface area contributed by atoms with Crippen LogP contribution in [-0.4, -0.2) is 13.1 Å². The van der Waals surface area contributed by atoms with Gasteiger partial charge in [-0.1, -0.05) is 56.7 Å². The van der Waals surface area contributed by atoms with Gasteiger partial charge in [0.25, 0.3) is 0 Å². The highest BCUT2D eigenvalue weighted by atomic mass is 14.8. The van der Waals surface area contributed by atoms with Crippen LogP contribution in [0.4, 0.5) is 0 Å². The lowest BCUT2D eigenvalue weighted by Crippen LogP contribution is -2.20. The van der Waals surface area contributed by atoms with Crippen molar-refractivity contribution in [3.8, 4) is 0 Å². The van der Waals surface area contributed by atoms with E-state index in [1.807, 2.05) is 0 Å². The van der Waals surface area contributed by atoms with Crippen molar-refractivity contribution < 1.29 is 0 Å². The fourth-order valence-electron chi connectivity index (χ4n) is 2.10. The van der Waals surface area contributed by atoms with Gasteiger partial charge in [0.1, 0.15) is 0 Å². The average molecular weight is 259 g/mol. The van der Waals surface area contributed by atoms with Crippen LogP contribution in [0.25, 0.3) is 0 Å². The Labute approximate surface area is 119 Å². The first-order chi connectivity index (χ1) is 9.11. The summed E-state index contributed by atoms with van der Waals surface area (Å²) in [6.07, 6.45) is 5.69. The van der Waals surface area contributed by atoms with E-state index in [-0.39, 0.29) is 0 Å². The predicted octanol–water partition coefficient (Wildman–Crippen LogP) is 4.37. The van der Waals surface area contributed by atoms with E-state index in [1.54, 1.807) is 0 Å². The van der Waals surface area contributed by atoms with Crippen LogP contribution in [0.3, 0.4) is 0 Å². The van der Waals surface area contributed by atoms with Gasteiger partial charge in [0.15, 0.2) is 0 Å². The maximum atomic E-state index is 3.47. The summed E-state index contributed by atoms with van der Waals surface area (Å²) in [4.78, 5) is 0. The van der Waals surface area contributed by atoms with Crippen LogP contribution < -0.4 is 5.32 Å². The van der Waals surface area contributed by atoms with E-state index in [2.05, 4.69) is 63.4 Å². The largest absolute Gasteiger partial charge is 0.316 e. The highest BCUT2D eigenvalue weighted by molar-refractivity contribution is 5.25. The highest BCUT2D eigenvalue weighted by Gasteiger charge is 1.96. The summed E-state index contributed by atoms with van der Waals surface area (Å²) in [5, 5.41) is 3.47. The van der Waals surface area contributed by atoms with Crippen LogP contribution in [0.15, 0.2) is 35.9 Å². The number of allylic oxidation sites excluding steroid dienone is 1. The summed E-state index contributed by atoms with van der Waals surface area (Å²) < 4.78 is 0. The van der Waals surface area contributed by atoms with E-state index in [0.717, 1.165) is 38.3 Å². The van der Waals surface area contributed by atoms with E-state index in [4.69, 9.17) is 0 Å². The van der Waals surface area contributed by atoms with Crippen LogP contribution in [0.5, 0.6) is 0 Å². The van der Waals surface area contributed by atoms with Crippen molar-refractivity contribution in [3.05, 3.63) is 47.0 Å². The maximum Gasteiger partial charge on any atom is -0.00141 e. The van der Waals surface area contributed by atoms with Crippen molar-refractivity contribution in [1.29, 1.82) is 0 Å². The molecule has 0 heterocycles. The Kier molecular flexibility index (Phi) is 7.50. The maximum absolute atomic E-state index is 3.47. The zero-order valence-electron chi connectivity index (χ0n) is 13.0. The van der Waals surface area contributed by atoms with E-state index >= 15 is 0 Å². The smallest absolute Gasteiger partial charge is 0.00141 e. The summed E-state index contributed by atoms with van der Waals surface area (Å²) in [7, 11) is 0. The minimum absolute atomic E-state index is 0.738. The summed E-state index contributed by atoms with van der Waals surface area (Å²) in [6.45, 7) is 11.1. The first kappa shape index (κ1) is 16.0. The molecular formula is C18H29N. The van der Waals surface area contributed by atoms with E-state index in [0.29, 0.717) is 0 Å². The summed E-state index contributed by atoms with van der Waals surface area (Å²) in [5.41, 5.74) is 4.31. The van der Waals surface area contributed by atoms with Gasteiger partial charge in [-0.3, -0.25) is 0 Å². The molecule has 0 aromatic heterocycles. The minimum atomic E-state index is 0.738. The number of hydrogen-bond donors (Lipinski definition) is 1. The second-order valence-corrected chi connectivity index (χ2v) is 5.78. The molecule has 1 nitrogen and oxygen atoms in total. The zero-order chi connectivity index (χ0) is 14.1. The van der Waals surface area contributed by atoms with Gasteiger partial charge in [-0.15, -0.1) is 0 Å². The van der Waals surface area contributed by atoms with Crippen LogP contribution >= 0.6 is 0 Å². The van der Waals surface area contributed by atoms with E-state index in [9.17, 15) is 0 Å². The predicted molar refractivity (Wildman–Crippen MR) is 85.6 cm³/mol. The van der Waals surface area contributed by atoms with Crippen molar-refractivity contribution in [2.75, 3.05) is 13.1 Å². The molecule has 0 atom stereocenters. The topological polar surface area (TPSA) is 12.0 Å². The van der Waals surface area contributed by atoms with Crippen LogP contribution in [-0.2, 0) is 12.8 Å². The fraction of sp³-hybridized carbons (Fsp3) is 0.556. The van der Waals surface area contributed by atoms with Crippen molar-refractivity contribution in [3.63, 3.8) is 0 Å². The van der Waals surface area contributed by atoms with Gasteiger partial charge in [-0.2, -0.15) is 0 Å². The first-order valence-corrected chi connectivity index (χ1v) is 7.56. The Morgan fingerprint density at radius 3 is 2.37 bits per heavy atom. The van der Waals surface area contributed by atoms with Crippen LogP contribution in [0.1, 0.15) is 45.2 Å². The molecule has 0 aliphatic heterocycles. The molecule has 0 saturated carbocycles. The molecule has 0 radical (unpaired) electrons. The molecule has 0 amide bonds. The van der Waals surface area contributed by atoms with E-state index in [1.165, 1.54) is 16.7 Å². The zero-order valence-corrected chi connectivity index (χ0v) is 13.0. The first-order valence-electron chi connectivity index (χ1n) is 7.56. The molecule has 1 aromatic rings. The van der Waals surface area contributed by atoms with Gasteiger partial charge in [0, 0.05) is 0 Å². The molecule has 0 bridgehead atoms. The van der Waals surface area contributed by atoms with Gasteiger partial charge in [-0.25, -0.2) is 0 Å². The molecule has 0 unspecified atom stereocenters. The molecule has 19 heavy (non-hydrogen) atoms. The molecule has 0 spiro atoms. The van der Waals surface area contributed by atoms with E-state index < -0.39 is 0 Å². The Hall–Kier alpha value is -1.08. The minimum Gasteiger partial charge on any atom is -0.316 e. The summed E-state index contributed by atoms with van der Waals surface area (Å²) >= 11 is 0. The third-order valence-electron chi connectivity index (χ3n) is 3.28. The third kappa shape index (κ3) is 7.17. The normalized spacial score (nSPS) is 12.2. The van der Waals surface area contributed by atoms with Crippen molar-refractivity contribution >= 4 is 0 Å². The summed E-state index contributed by atoms with van der Waals surface area (Å²) in [5.74, 6) is 0.738. The quantitative estimate of drug-likeness (QED) is 0.540. The number of aryl methyl sites for hydroxylation is 1. The highest BCUT2D eigenvalue weighted by Crippen LogP contribution is 2.10. The lowest BCUT2D eigenvalue weighted by Gasteiger charge is -2.06. The second kappa shape index (κ2) is 8.92. The molecule has 1 aromatic carbocycles. The molecule has 0 aliphatic carbocycles. The molecule has 0 fully saturated rings. The molecular weight excluding hydrogens is 230 g/mol. The monoisotopic (exact) mass is 259 g/mol. The molecule has 0 saturated heterocycles. The Balaban J connectivity index is 2.30. The van der Waals surface area contributed by atoms with Gasteiger partial charge in [-0.05, 0) is 56.3 Å². The molecule has 0 aliphatic rings. The van der Waals surface area contributed by atoms with Gasteiger partial charge in [0.05, 0.1) is 0 Å². The van der Waals surface area contributed by atoms with Crippen LogP contribution in [0, 0.1) is 5.92 Å². The van der Waals surface area contributed by atoms with Crippen LogP contribution in [0.2, 0.25) is 0 Å². The average Bonchev–Trinajstić information content (AvgIpc) is 2.39. The van der Waals surface area contributed by atoms with Gasteiger partial charge >= 0.3 is 0 Å². The van der Waals surface area contributed by atoms with Crippen molar-refractivity contribution in [2.24, 2.45) is 5.92 Å².